The van der Waals surface area contributed by atoms with Crippen LogP contribution in [0.5, 0.6) is 0 Å². The number of likely N-dealkylation sites (N-methyl/N-ethyl adjacent to an activating group) is 1. The molecule has 1 rings (SSSR count). The lowest BCUT2D eigenvalue weighted by Gasteiger charge is -2.24. The normalized spacial score (nSPS) is 12.2. The minimum Gasteiger partial charge on any atom is -0.382 e. The number of carbonyl (C=O) groups excluding carboxylic acids is 1. The van der Waals surface area contributed by atoms with E-state index in [1.54, 1.807) is 31.3 Å². The lowest BCUT2D eigenvalue weighted by Crippen LogP contribution is -2.33. The van der Waals surface area contributed by atoms with Crippen LogP contribution in [0.25, 0.3) is 0 Å². The molecule has 0 aliphatic carbocycles. The van der Waals surface area contributed by atoms with Crippen LogP contribution < -0.4 is 0 Å². The van der Waals surface area contributed by atoms with Gasteiger partial charge in [0.2, 0.25) is 5.91 Å². The summed E-state index contributed by atoms with van der Waals surface area (Å²) in [5.41, 5.74) is 0.803. The highest BCUT2D eigenvalue weighted by Gasteiger charge is 2.18. The van der Waals surface area contributed by atoms with E-state index in [4.69, 9.17) is 9.47 Å². The molecule has 0 aliphatic heterocycles. The topological polar surface area (TPSA) is 64.6 Å². The van der Waals surface area contributed by atoms with Gasteiger partial charge in [0.15, 0.2) is 0 Å². The average Bonchev–Trinajstić information content (AvgIpc) is 2.42. The average molecular weight is 253 g/mol. The number of carbonyl (C=O) groups is 1. The molecule has 0 spiro atoms. The van der Waals surface area contributed by atoms with Gasteiger partial charge in [-0.3, -0.25) is 4.79 Å². The Balaban J connectivity index is 2.43. The van der Waals surface area contributed by atoms with Crippen molar-refractivity contribution in [3.63, 3.8) is 0 Å². The van der Waals surface area contributed by atoms with Gasteiger partial charge in [-0.05, 0) is 13.0 Å². The standard InChI is InChI=1S/C12H19N3O3/c1-10(11-4-5-13-9-14-11)15(2)12(16)8-18-7-6-17-3/h4-5,9-10H,6-8H2,1-3H3/t10-/m0/s1. The zero-order valence-electron chi connectivity index (χ0n) is 11.0. The van der Waals surface area contributed by atoms with E-state index >= 15 is 0 Å². The molecule has 1 aromatic heterocycles. The van der Waals surface area contributed by atoms with Crippen LogP contribution >= 0.6 is 0 Å². The van der Waals surface area contributed by atoms with Gasteiger partial charge >= 0.3 is 0 Å². The minimum atomic E-state index is -0.105. The van der Waals surface area contributed by atoms with Crippen LogP contribution in [0.15, 0.2) is 18.6 Å². The SMILES string of the molecule is COCCOCC(=O)N(C)[C@@H](C)c1ccncn1. The number of hydrogen-bond donors (Lipinski definition) is 0. The first-order chi connectivity index (χ1) is 8.66. The van der Waals surface area contributed by atoms with E-state index in [1.165, 1.54) is 6.33 Å². The first-order valence-electron chi connectivity index (χ1n) is 5.75. The zero-order chi connectivity index (χ0) is 13.4. The van der Waals surface area contributed by atoms with Gasteiger partial charge in [-0.15, -0.1) is 0 Å². The molecule has 0 N–H and O–H groups in total. The van der Waals surface area contributed by atoms with E-state index in [2.05, 4.69) is 9.97 Å². The highest BCUT2D eigenvalue weighted by atomic mass is 16.5. The fourth-order valence-corrected chi connectivity index (χ4v) is 1.37. The Morgan fingerprint density at radius 3 is 2.89 bits per heavy atom. The molecule has 1 aromatic rings. The maximum absolute atomic E-state index is 11.8. The summed E-state index contributed by atoms with van der Waals surface area (Å²) in [6.45, 7) is 2.86. The summed E-state index contributed by atoms with van der Waals surface area (Å²) >= 11 is 0. The van der Waals surface area contributed by atoms with Crippen molar-refractivity contribution in [3.8, 4) is 0 Å². The third-order valence-electron chi connectivity index (χ3n) is 2.66. The molecule has 6 nitrogen and oxygen atoms in total. The molecule has 0 fully saturated rings. The molecule has 0 aliphatic rings. The molecule has 0 bridgehead atoms. The number of ether oxygens (including phenoxy) is 2. The predicted molar refractivity (Wildman–Crippen MR) is 65.9 cm³/mol. The number of aromatic nitrogens is 2. The third kappa shape index (κ3) is 4.38. The first kappa shape index (κ1) is 14.5. The summed E-state index contributed by atoms with van der Waals surface area (Å²) in [7, 11) is 3.32. The number of rotatable bonds is 7. The Labute approximate surface area is 107 Å². The maximum Gasteiger partial charge on any atom is 0.248 e. The predicted octanol–water partition coefficient (Wildman–Crippen LogP) is 0.659. The fraction of sp³-hybridized carbons (Fsp3) is 0.583. The lowest BCUT2D eigenvalue weighted by molar-refractivity contribution is -0.137. The Bertz CT molecular complexity index is 359. The summed E-state index contributed by atoms with van der Waals surface area (Å²) in [5, 5.41) is 0. The molecule has 0 unspecified atom stereocenters. The Morgan fingerprint density at radius 1 is 1.50 bits per heavy atom. The van der Waals surface area contributed by atoms with E-state index < -0.39 is 0 Å². The number of amides is 1. The van der Waals surface area contributed by atoms with Crippen molar-refractivity contribution >= 4 is 5.91 Å². The van der Waals surface area contributed by atoms with Crippen molar-refractivity contribution < 1.29 is 14.3 Å². The van der Waals surface area contributed by atoms with Crippen molar-refractivity contribution in [1.29, 1.82) is 0 Å². The highest BCUT2D eigenvalue weighted by Crippen LogP contribution is 2.15. The molecule has 100 valence electrons. The van der Waals surface area contributed by atoms with Crippen LogP contribution in [0.3, 0.4) is 0 Å². The Morgan fingerprint density at radius 2 is 2.28 bits per heavy atom. The molecule has 0 aromatic carbocycles. The second-order valence-corrected chi connectivity index (χ2v) is 3.86. The van der Waals surface area contributed by atoms with Crippen molar-refractivity contribution in [2.75, 3.05) is 34.0 Å². The molecule has 0 saturated carbocycles. The van der Waals surface area contributed by atoms with Crippen LogP contribution in [-0.4, -0.2) is 54.8 Å². The molecule has 1 amide bonds. The summed E-state index contributed by atoms with van der Waals surface area (Å²) in [6, 6.07) is 1.69. The zero-order valence-corrected chi connectivity index (χ0v) is 11.0. The van der Waals surface area contributed by atoms with E-state index in [9.17, 15) is 4.79 Å². The quantitative estimate of drug-likeness (QED) is 0.668. The molecule has 1 heterocycles. The minimum absolute atomic E-state index is 0.0509. The van der Waals surface area contributed by atoms with Gasteiger partial charge in [0, 0.05) is 20.4 Å². The number of nitrogens with zero attached hydrogens (tertiary/aromatic N) is 3. The van der Waals surface area contributed by atoms with Gasteiger partial charge in [-0.1, -0.05) is 0 Å². The van der Waals surface area contributed by atoms with Crippen LogP contribution in [0.2, 0.25) is 0 Å². The smallest absolute Gasteiger partial charge is 0.248 e. The molecule has 6 heteroatoms. The van der Waals surface area contributed by atoms with E-state index in [1.807, 2.05) is 6.92 Å². The molecule has 1 atom stereocenters. The maximum atomic E-state index is 11.8. The van der Waals surface area contributed by atoms with Gasteiger partial charge in [0.05, 0.1) is 24.9 Å². The monoisotopic (exact) mass is 253 g/mol. The molecule has 0 saturated heterocycles. The summed E-state index contributed by atoms with van der Waals surface area (Å²) in [5.74, 6) is -0.0859. The van der Waals surface area contributed by atoms with E-state index in [-0.39, 0.29) is 18.6 Å². The molecule has 18 heavy (non-hydrogen) atoms. The van der Waals surface area contributed by atoms with Gasteiger partial charge in [-0.25, -0.2) is 9.97 Å². The summed E-state index contributed by atoms with van der Waals surface area (Å²) < 4.78 is 10.0. The fourth-order valence-electron chi connectivity index (χ4n) is 1.37. The van der Waals surface area contributed by atoms with E-state index in [0.717, 1.165) is 5.69 Å². The van der Waals surface area contributed by atoms with Gasteiger partial charge in [-0.2, -0.15) is 0 Å². The third-order valence-corrected chi connectivity index (χ3v) is 2.66. The van der Waals surface area contributed by atoms with Crippen LogP contribution in [-0.2, 0) is 14.3 Å². The van der Waals surface area contributed by atoms with Crippen molar-refractivity contribution in [1.82, 2.24) is 14.9 Å². The second kappa shape index (κ2) is 7.73. The Hall–Kier alpha value is -1.53. The van der Waals surface area contributed by atoms with Gasteiger partial charge in [0.1, 0.15) is 12.9 Å². The molecular formula is C12H19N3O3. The lowest BCUT2D eigenvalue weighted by atomic mass is 10.2. The van der Waals surface area contributed by atoms with Crippen LogP contribution in [0, 0.1) is 0 Å². The van der Waals surface area contributed by atoms with Crippen molar-refractivity contribution in [3.05, 3.63) is 24.3 Å². The van der Waals surface area contributed by atoms with Gasteiger partial charge in [0.25, 0.3) is 0 Å². The largest absolute Gasteiger partial charge is 0.382 e. The highest BCUT2D eigenvalue weighted by molar-refractivity contribution is 5.77. The molecular weight excluding hydrogens is 234 g/mol. The van der Waals surface area contributed by atoms with E-state index in [0.29, 0.717) is 13.2 Å². The number of methoxy groups -OCH3 is 1. The summed E-state index contributed by atoms with van der Waals surface area (Å²) in [6.07, 6.45) is 3.13. The van der Waals surface area contributed by atoms with Crippen LogP contribution in [0.4, 0.5) is 0 Å². The van der Waals surface area contributed by atoms with Crippen LogP contribution in [0.1, 0.15) is 18.7 Å². The molecule has 0 radical (unpaired) electrons. The summed E-state index contributed by atoms with van der Waals surface area (Å²) in [4.78, 5) is 21.4. The Kier molecular flexibility index (Phi) is 6.24. The second-order valence-electron chi connectivity index (χ2n) is 3.86. The van der Waals surface area contributed by atoms with Crippen molar-refractivity contribution in [2.45, 2.75) is 13.0 Å². The van der Waals surface area contributed by atoms with Gasteiger partial charge < -0.3 is 14.4 Å². The van der Waals surface area contributed by atoms with Crippen molar-refractivity contribution in [2.24, 2.45) is 0 Å². The number of hydrogen-bond acceptors (Lipinski definition) is 5. The first-order valence-corrected chi connectivity index (χ1v) is 5.75.